The Hall–Kier alpha value is -3.42. The molecule has 41 heavy (non-hydrogen) atoms. The predicted octanol–water partition coefficient (Wildman–Crippen LogP) is 5.53. The number of aliphatic hydroxyl groups excluding tert-OH is 1. The fourth-order valence-corrected chi connectivity index (χ4v) is 6.03. The van der Waals surface area contributed by atoms with E-state index in [-0.39, 0.29) is 24.6 Å². The standard InChI is InChI=1S/C34H46N4O3/c1-5-38(29-10-7-6-8-11-29)32-20-28(27-14-12-26(13-15-27)21-35-16-9-17-39)19-30(25(32)4)33(40)36-22-31-23(2)18-24(3)37-34(31)41/h12-15,18-20,29,35,39H,5-11,16-17,21-22H2,1-4H3,(H,36,40)(H,37,41). The second-order valence-corrected chi connectivity index (χ2v) is 11.3. The number of aromatic nitrogens is 1. The van der Waals surface area contributed by atoms with Crippen molar-refractivity contribution in [2.75, 3.05) is 24.6 Å². The Morgan fingerprint density at radius 3 is 2.39 bits per heavy atom. The van der Waals surface area contributed by atoms with Crippen molar-refractivity contribution < 1.29 is 9.90 Å². The topological polar surface area (TPSA) is 97.5 Å². The molecule has 2 aromatic carbocycles. The van der Waals surface area contributed by atoms with E-state index < -0.39 is 0 Å². The van der Waals surface area contributed by atoms with Crippen LogP contribution in [0.15, 0.2) is 47.3 Å². The molecule has 0 aliphatic heterocycles. The lowest BCUT2D eigenvalue weighted by atomic mass is 9.91. The second-order valence-electron chi connectivity index (χ2n) is 11.3. The summed E-state index contributed by atoms with van der Waals surface area (Å²) in [6.45, 7) is 10.8. The fraction of sp³-hybridized carbons (Fsp3) is 0.471. The number of benzene rings is 2. The summed E-state index contributed by atoms with van der Waals surface area (Å²) < 4.78 is 0. The number of aromatic amines is 1. The molecule has 1 aromatic heterocycles. The van der Waals surface area contributed by atoms with E-state index in [1.54, 1.807) is 0 Å². The molecular weight excluding hydrogens is 512 g/mol. The van der Waals surface area contributed by atoms with E-state index in [2.05, 4.69) is 57.8 Å². The molecule has 0 unspecified atom stereocenters. The molecule has 7 nitrogen and oxygen atoms in total. The first-order chi connectivity index (χ1) is 19.8. The minimum Gasteiger partial charge on any atom is -0.396 e. The molecule has 1 aliphatic carbocycles. The van der Waals surface area contributed by atoms with E-state index >= 15 is 0 Å². The van der Waals surface area contributed by atoms with Gasteiger partial charge in [0.1, 0.15) is 0 Å². The number of anilines is 1. The molecule has 0 atom stereocenters. The lowest BCUT2D eigenvalue weighted by Crippen LogP contribution is -2.37. The van der Waals surface area contributed by atoms with Crippen LogP contribution in [0.3, 0.4) is 0 Å². The van der Waals surface area contributed by atoms with E-state index in [9.17, 15) is 9.59 Å². The Labute approximate surface area is 244 Å². The van der Waals surface area contributed by atoms with Gasteiger partial charge in [0.05, 0.1) is 0 Å². The van der Waals surface area contributed by atoms with Crippen LogP contribution >= 0.6 is 0 Å². The second kappa shape index (κ2) is 14.5. The Bertz CT molecular complexity index is 1370. The number of aliphatic hydroxyl groups is 1. The Morgan fingerprint density at radius 1 is 1.00 bits per heavy atom. The number of carbonyl (C=O) groups is 1. The van der Waals surface area contributed by atoms with Crippen LogP contribution in [0.4, 0.5) is 5.69 Å². The van der Waals surface area contributed by atoms with Crippen molar-refractivity contribution in [2.24, 2.45) is 0 Å². The van der Waals surface area contributed by atoms with E-state index in [0.29, 0.717) is 17.2 Å². The Balaban J connectivity index is 1.67. The molecule has 0 saturated heterocycles. The molecule has 1 amide bonds. The number of hydrogen-bond acceptors (Lipinski definition) is 5. The number of hydrogen-bond donors (Lipinski definition) is 4. The molecule has 4 N–H and O–H groups in total. The highest BCUT2D eigenvalue weighted by molar-refractivity contribution is 5.99. The van der Waals surface area contributed by atoms with Gasteiger partial charge in [-0.05, 0) is 99.5 Å². The molecule has 0 spiro atoms. The minimum absolute atomic E-state index is 0.158. The Kier molecular flexibility index (Phi) is 10.8. The number of rotatable bonds is 12. The van der Waals surface area contributed by atoms with Gasteiger partial charge < -0.3 is 25.6 Å². The van der Waals surface area contributed by atoms with Gasteiger partial charge in [-0.25, -0.2) is 0 Å². The average Bonchev–Trinajstić information content (AvgIpc) is 2.97. The first-order valence-corrected chi connectivity index (χ1v) is 15.1. The zero-order chi connectivity index (χ0) is 29.4. The van der Waals surface area contributed by atoms with Gasteiger partial charge in [0, 0.05) is 54.8 Å². The summed E-state index contributed by atoms with van der Waals surface area (Å²) >= 11 is 0. The first-order valence-electron chi connectivity index (χ1n) is 15.1. The lowest BCUT2D eigenvalue weighted by Gasteiger charge is -2.37. The molecule has 0 radical (unpaired) electrons. The van der Waals surface area contributed by atoms with Gasteiger partial charge in [0.15, 0.2) is 0 Å². The quantitative estimate of drug-likeness (QED) is 0.219. The minimum atomic E-state index is -0.172. The van der Waals surface area contributed by atoms with Crippen LogP contribution in [0.1, 0.15) is 83.8 Å². The van der Waals surface area contributed by atoms with Crippen molar-refractivity contribution in [3.8, 4) is 11.1 Å². The number of aryl methyl sites for hydroxylation is 2. The normalized spacial score (nSPS) is 13.8. The SMILES string of the molecule is CCN(c1cc(-c2ccc(CNCCCO)cc2)cc(C(=O)NCc2c(C)cc(C)[nH]c2=O)c1C)C1CCCCC1. The van der Waals surface area contributed by atoms with Crippen LogP contribution in [0.2, 0.25) is 0 Å². The first kappa shape index (κ1) is 30.5. The van der Waals surface area contributed by atoms with Crippen LogP contribution in [0.5, 0.6) is 0 Å². The van der Waals surface area contributed by atoms with Gasteiger partial charge >= 0.3 is 0 Å². The van der Waals surface area contributed by atoms with Crippen molar-refractivity contribution in [1.29, 1.82) is 0 Å². The molecule has 1 fully saturated rings. The van der Waals surface area contributed by atoms with Gasteiger partial charge in [-0.1, -0.05) is 43.5 Å². The summed E-state index contributed by atoms with van der Waals surface area (Å²) in [6.07, 6.45) is 6.86. The Morgan fingerprint density at radius 2 is 1.73 bits per heavy atom. The van der Waals surface area contributed by atoms with Crippen LogP contribution in [0, 0.1) is 20.8 Å². The number of H-pyrrole nitrogens is 1. The maximum absolute atomic E-state index is 13.7. The van der Waals surface area contributed by atoms with Crippen molar-refractivity contribution >= 4 is 11.6 Å². The third-order valence-corrected chi connectivity index (χ3v) is 8.34. The van der Waals surface area contributed by atoms with Gasteiger partial charge in [0.2, 0.25) is 0 Å². The third-order valence-electron chi connectivity index (χ3n) is 8.34. The molecule has 1 heterocycles. The largest absolute Gasteiger partial charge is 0.396 e. The molecule has 7 heteroatoms. The lowest BCUT2D eigenvalue weighted by molar-refractivity contribution is 0.0950. The summed E-state index contributed by atoms with van der Waals surface area (Å²) in [4.78, 5) is 31.6. The van der Waals surface area contributed by atoms with Crippen LogP contribution in [-0.2, 0) is 13.1 Å². The molecule has 220 valence electrons. The number of nitrogens with one attached hydrogen (secondary N) is 3. The van der Waals surface area contributed by atoms with Gasteiger partial charge in [-0.15, -0.1) is 0 Å². The zero-order valence-electron chi connectivity index (χ0n) is 25.1. The van der Waals surface area contributed by atoms with Gasteiger partial charge in [-0.3, -0.25) is 9.59 Å². The van der Waals surface area contributed by atoms with E-state index in [0.717, 1.165) is 59.7 Å². The molecule has 3 aromatic rings. The van der Waals surface area contributed by atoms with E-state index in [1.165, 1.54) is 37.7 Å². The van der Waals surface area contributed by atoms with Gasteiger partial charge in [-0.2, -0.15) is 0 Å². The molecule has 1 saturated carbocycles. The summed E-state index contributed by atoms with van der Waals surface area (Å²) in [7, 11) is 0. The summed E-state index contributed by atoms with van der Waals surface area (Å²) in [5, 5.41) is 15.4. The van der Waals surface area contributed by atoms with Crippen LogP contribution < -0.4 is 21.1 Å². The zero-order valence-corrected chi connectivity index (χ0v) is 25.1. The summed E-state index contributed by atoms with van der Waals surface area (Å²) in [6, 6.07) is 15.1. The van der Waals surface area contributed by atoms with E-state index in [1.807, 2.05) is 32.9 Å². The number of amides is 1. The van der Waals surface area contributed by atoms with Gasteiger partial charge in [0.25, 0.3) is 11.5 Å². The van der Waals surface area contributed by atoms with Crippen LogP contribution in [0.25, 0.3) is 11.1 Å². The number of pyridine rings is 1. The highest BCUT2D eigenvalue weighted by Crippen LogP contribution is 2.35. The predicted molar refractivity (Wildman–Crippen MR) is 168 cm³/mol. The number of carbonyl (C=O) groups excluding carboxylic acids is 1. The average molecular weight is 559 g/mol. The summed E-state index contributed by atoms with van der Waals surface area (Å²) in [5.41, 5.74) is 8.07. The molecule has 4 rings (SSSR count). The van der Waals surface area contributed by atoms with Crippen molar-refractivity contribution in [2.45, 2.75) is 85.4 Å². The maximum atomic E-state index is 13.7. The molecule has 0 bridgehead atoms. The maximum Gasteiger partial charge on any atom is 0.253 e. The van der Waals surface area contributed by atoms with Crippen LogP contribution in [-0.4, -0.2) is 41.7 Å². The monoisotopic (exact) mass is 558 g/mol. The molecular formula is C34H46N4O3. The fourth-order valence-electron chi connectivity index (χ4n) is 6.03. The highest BCUT2D eigenvalue weighted by Gasteiger charge is 2.24. The highest BCUT2D eigenvalue weighted by atomic mass is 16.3. The number of nitrogens with zero attached hydrogens (tertiary/aromatic N) is 1. The van der Waals surface area contributed by atoms with E-state index in [4.69, 9.17) is 5.11 Å². The van der Waals surface area contributed by atoms with Crippen molar-refractivity contribution in [3.63, 3.8) is 0 Å². The van der Waals surface area contributed by atoms with Crippen molar-refractivity contribution in [1.82, 2.24) is 15.6 Å². The smallest absolute Gasteiger partial charge is 0.253 e. The third kappa shape index (κ3) is 7.66. The van der Waals surface area contributed by atoms with Crippen molar-refractivity contribution in [3.05, 3.63) is 86.3 Å². The molecule has 1 aliphatic rings. The summed E-state index contributed by atoms with van der Waals surface area (Å²) in [5.74, 6) is -0.172.